The van der Waals surface area contributed by atoms with Crippen molar-refractivity contribution in [1.29, 1.82) is 0 Å². The highest BCUT2D eigenvalue weighted by Gasteiger charge is 2.26. The number of hydrogen-bond acceptors (Lipinski definition) is 3. The molecule has 0 saturated heterocycles. The highest BCUT2D eigenvalue weighted by atomic mass is 16.5. The number of rotatable bonds is 7. The van der Waals surface area contributed by atoms with Crippen molar-refractivity contribution in [2.75, 3.05) is 19.8 Å². The van der Waals surface area contributed by atoms with Crippen LogP contribution in [-0.4, -0.2) is 31.7 Å². The molecule has 0 aliphatic rings. The molecule has 0 aliphatic carbocycles. The van der Waals surface area contributed by atoms with E-state index in [2.05, 4.69) is 19.2 Å². The van der Waals surface area contributed by atoms with Crippen LogP contribution in [0.2, 0.25) is 0 Å². The number of nitrogens with one attached hydrogen (secondary N) is 1. The summed E-state index contributed by atoms with van der Waals surface area (Å²) < 4.78 is 5.42. The van der Waals surface area contributed by atoms with Crippen LogP contribution in [0.15, 0.2) is 0 Å². The van der Waals surface area contributed by atoms with E-state index in [0.717, 1.165) is 13.0 Å². The minimum Gasteiger partial charge on any atom is -0.381 e. The molecule has 0 spiro atoms. The van der Waals surface area contributed by atoms with E-state index in [1.54, 1.807) is 0 Å². The topological polar surface area (TPSA) is 64.3 Å². The quantitative estimate of drug-likeness (QED) is 0.668. The Balaban J connectivity index is 3.59. The molecule has 0 heterocycles. The summed E-state index contributed by atoms with van der Waals surface area (Å²) in [4.78, 5) is 11.7. The number of nitrogens with two attached hydrogens (primary N) is 1. The second-order valence-electron chi connectivity index (χ2n) is 5.96. The van der Waals surface area contributed by atoms with E-state index >= 15 is 0 Å². The predicted octanol–water partition coefficient (Wildman–Crippen LogP) is 1.54. The molecular weight excluding hydrogens is 216 g/mol. The van der Waals surface area contributed by atoms with E-state index in [9.17, 15) is 4.79 Å². The molecule has 0 aromatic heterocycles. The lowest BCUT2D eigenvalue weighted by Crippen LogP contribution is -2.48. The van der Waals surface area contributed by atoms with Gasteiger partial charge in [-0.1, -0.05) is 34.6 Å². The van der Waals surface area contributed by atoms with Crippen LogP contribution in [0.5, 0.6) is 0 Å². The van der Waals surface area contributed by atoms with Crippen molar-refractivity contribution in [1.82, 2.24) is 5.32 Å². The van der Waals surface area contributed by atoms with Gasteiger partial charge in [0.2, 0.25) is 5.91 Å². The Morgan fingerprint density at radius 1 is 1.35 bits per heavy atom. The normalized spacial score (nSPS) is 13.8. The summed E-state index contributed by atoms with van der Waals surface area (Å²) in [6.07, 6.45) is 0.829. The van der Waals surface area contributed by atoms with E-state index in [1.807, 2.05) is 20.8 Å². The average molecular weight is 244 g/mol. The molecule has 0 aromatic carbocycles. The van der Waals surface area contributed by atoms with Gasteiger partial charge in [-0.2, -0.15) is 0 Å². The second kappa shape index (κ2) is 7.67. The molecule has 17 heavy (non-hydrogen) atoms. The summed E-state index contributed by atoms with van der Waals surface area (Å²) in [6, 6.07) is -0.459. The van der Waals surface area contributed by atoms with Crippen LogP contribution >= 0.6 is 0 Å². The molecule has 102 valence electrons. The number of amides is 1. The number of ether oxygens (including phenoxy) is 1. The zero-order chi connectivity index (χ0) is 13.5. The molecule has 0 rings (SSSR count). The Morgan fingerprint density at radius 3 is 2.41 bits per heavy atom. The first-order valence-corrected chi connectivity index (χ1v) is 6.36. The van der Waals surface area contributed by atoms with E-state index in [4.69, 9.17) is 10.5 Å². The fraction of sp³-hybridized carbons (Fsp3) is 0.923. The van der Waals surface area contributed by atoms with Crippen LogP contribution in [0, 0.1) is 11.3 Å². The Labute approximate surface area is 105 Å². The molecule has 0 unspecified atom stereocenters. The molecular formula is C13H28N2O2. The Morgan fingerprint density at radius 2 is 1.94 bits per heavy atom. The minimum absolute atomic E-state index is 0.0821. The third-order valence-electron chi connectivity index (χ3n) is 2.43. The minimum atomic E-state index is -0.459. The molecule has 1 amide bonds. The molecule has 0 aromatic rings. The maximum absolute atomic E-state index is 11.7. The lowest BCUT2D eigenvalue weighted by atomic mass is 9.87. The van der Waals surface area contributed by atoms with Crippen molar-refractivity contribution in [2.24, 2.45) is 17.1 Å². The van der Waals surface area contributed by atoms with E-state index in [-0.39, 0.29) is 11.3 Å². The highest BCUT2D eigenvalue weighted by Crippen LogP contribution is 2.16. The summed E-state index contributed by atoms with van der Waals surface area (Å²) in [5.41, 5.74) is 5.64. The van der Waals surface area contributed by atoms with Gasteiger partial charge in [-0.05, 0) is 17.8 Å². The Kier molecular flexibility index (Phi) is 7.39. The van der Waals surface area contributed by atoms with Crippen LogP contribution in [0.25, 0.3) is 0 Å². The largest absolute Gasteiger partial charge is 0.381 e. The van der Waals surface area contributed by atoms with Gasteiger partial charge >= 0.3 is 0 Å². The van der Waals surface area contributed by atoms with Gasteiger partial charge in [0.15, 0.2) is 0 Å². The van der Waals surface area contributed by atoms with Crippen molar-refractivity contribution < 1.29 is 9.53 Å². The first-order valence-electron chi connectivity index (χ1n) is 6.36. The Hall–Kier alpha value is -0.610. The highest BCUT2D eigenvalue weighted by molar-refractivity contribution is 5.82. The van der Waals surface area contributed by atoms with Gasteiger partial charge in [0.05, 0.1) is 6.04 Å². The summed E-state index contributed by atoms with van der Waals surface area (Å²) in [5, 5.41) is 2.83. The standard InChI is InChI=1S/C13H28N2O2/c1-10(2)9-17-8-6-7-15-12(16)11(14)13(3,4)5/h10-11H,6-9,14H2,1-5H3,(H,15,16)/t11-/m1/s1. The fourth-order valence-corrected chi connectivity index (χ4v) is 1.21. The third-order valence-corrected chi connectivity index (χ3v) is 2.43. The lowest BCUT2D eigenvalue weighted by molar-refractivity contribution is -0.124. The van der Waals surface area contributed by atoms with Crippen LogP contribution in [0.1, 0.15) is 41.0 Å². The second-order valence-corrected chi connectivity index (χ2v) is 5.96. The van der Waals surface area contributed by atoms with Gasteiger partial charge < -0.3 is 15.8 Å². The summed E-state index contributed by atoms with van der Waals surface area (Å²) >= 11 is 0. The van der Waals surface area contributed by atoms with Gasteiger partial charge in [-0.15, -0.1) is 0 Å². The maximum atomic E-state index is 11.7. The molecule has 0 saturated carbocycles. The van der Waals surface area contributed by atoms with Crippen LogP contribution < -0.4 is 11.1 Å². The summed E-state index contributed by atoms with van der Waals surface area (Å²) in [7, 11) is 0. The lowest BCUT2D eigenvalue weighted by Gasteiger charge is -2.25. The maximum Gasteiger partial charge on any atom is 0.237 e. The van der Waals surface area contributed by atoms with Gasteiger partial charge in [0.1, 0.15) is 0 Å². The molecule has 0 aliphatic heterocycles. The fourth-order valence-electron chi connectivity index (χ4n) is 1.21. The van der Waals surface area contributed by atoms with Crippen LogP contribution in [0.3, 0.4) is 0 Å². The monoisotopic (exact) mass is 244 g/mol. The van der Waals surface area contributed by atoms with Crippen LogP contribution in [0.4, 0.5) is 0 Å². The van der Waals surface area contributed by atoms with Crippen molar-refractivity contribution in [3.8, 4) is 0 Å². The van der Waals surface area contributed by atoms with Gasteiger partial charge in [-0.25, -0.2) is 0 Å². The first kappa shape index (κ1) is 16.4. The molecule has 4 nitrogen and oxygen atoms in total. The summed E-state index contributed by atoms with van der Waals surface area (Å²) in [5.74, 6) is 0.472. The molecule has 3 N–H and O–H groups in total. The van der Waals surface area contributed by atoms with Crippen molar-refractivity contribution >= 4 is 5.91 Å². The molecule has 0 bridgehead atoms. The smallest absolute Gasteiger partial charge is 0.237 e. The predicted molar refractivity (Wildman–Crippen MR) is 70.7 cm³/mol. The van der Waals surface area contributed by atoms with Gasteiger partial charge in [0.25, 0.3) is 0 Å². The van der Waals surface area contributed by atoms with E-state index in [1.165, 1.54) is 0 Å². The number of hydrogen-bond donors (Lipinski definition) is 2. The van der Waals surface area contributed by atoms with Gasteiger partial charge in [-0.3, -0.25) is 4.79 Å². The Bertz CT molecular complexity index is 222. The number of carbonyl (C=O) groups is 1. The van der Waals surface area contributed by atoms with Crippen LogP contribution in [-0.2, 0) is 9.53 Å². The first-order chi connectivity index (χ1) is 7.75. The van der Waals surface area contributed by atoms with Crippen molar-refractivity contribution in [3.05, 3.63) is 0 Å². The molecule has 0 radical (unpaired) electrons. The number of carbonyl (C=O) groups excluding carboxylic acids is 1. The average Bonchev–Trinajstić information content (AvgIpc) is 2.19. The zero-order valence-corrected chi connectivity index (χ0v) is 11.9. The van der Waals surface area contributed by atoms with Crippen molar-refractivity contribution in [3.63, 3.8) is 0 Å². The van der Waals surface area contributed by atoms with E-state index < -0.39 is 6.04 Å². The summed E-state index contributed by atoms with van der Waals surface area (Å²) in [6.45, 7) is 12.2. The molecule has 1 atom stereocenters. The SMILES string of the molecule is CC(C)COCCCNC(=O)[C@@H](N)C(C)(C)C. The third kappa shape index (κ3) is 8.16. The zero-order valence-electron chi connectivity index (χ0n) is 11.9. The molecule has 0 fully saturated rings. The van der Waals surface area contributed by atoms with E-state index in [0.29, 0.717) is 19.1 Å². The van der Waals surface area contributed by atoms with Gasteiger partial charge in [0, 0.05) is 19.8 Å². The molecule has 4 heteroatoms. The van der Waals surface area contributed by atoms with Crippen molar-refractivity contribution in [2.45, 2.75) is 47.1 Å².